The summed E-state index contributed by atoms with van der Waals surface area (Å²) < 4.78 is 16.2. The van der Waals surface area contributed by atoms with Crippen molar-refractivity contribution in [2.75, 3.05) is 40.3 Å². The highest BCUT2D eigenvalue weighted by Gasteiger charge is 2.18. The Hall–Kier alpha value is -2.88. The Bertz CT molecular complexity index is 808. The highest BCUT2D eigenvalue weighted by molar-refractivity contribution is 6.01. The standard InChI is InChI=1S/C21H23NO3/c1-22(2)18-8-6-14(7-9-18)15-10-16(11-15)17-12-19(23-3)21(25-5)20(13-17)24-4/h6-13H,1-5H3. The molecule has 0 saturated heterocycles. The van der Waals surface area contributed by atoms with Crippen LogP contribution in [0.25, 0.3) is 11.1 Å². The van der Waals surface area contributed by atoms with Crippen LogP contribution in [-0.2, 0) is 0 Å². The summed E-state index contributed by atoms with van der Waals surface area (Å²) in [6.45, 7) is 0. The fourth-order valence-corrected chi connectivity index (χ4v) is 2.86. The van der Waals surface area contributed by atoms with Gasteiger partial charge in [0.05, 0.1) is 21.3 Å². The smallest absolute Gasteiger partial charge is 0.203 e. The molecule has 1 aliphatic rings. The molecule has 4 heteroatoms. The summed E-state index contributed by atoms with van der Waals surface area (Å²) in [5, 5.41) is 0. The molecule has 0 heterocycles. The molecular weight excluding hydrogens is 314 g/mol. The lowest BCUT2D eigenvalue weighted by Gasteiger charge is -2.20. The molecule has 2 aromatic rings. The zero-order valence-corrected chi connectivity index (χ0v) is 15.3. The van der Waals surface area contributed by atoms with Gasteiger partial charge in [-0.05, 0) is 58.7 Å². The molecule has 0 amide bonds. The second-order valence-corrected chi connectivity index (χ2v) is 6.05. The third-order valence-electron chi connectivity index (χ3n) is 4.34. The Labute approximate surface area is 148 Å². The predicted octanol–water partition coefficient (Wildman–Crippen LogP) is 4.26. The van der Waals surface area contributed by atoms with Gasteiger partial charge in [0.1, 0.15) is 0 Å². The molecule has 0 unspecified atom stereocenters. The van der Waals surface area contributed by atoms with E-state index in [1.165, 1.54) is 16.8 Å². The van der Waals surface area contributed by atoms with Gasteiger partial charge in [0.2, 0.25) is 5.75 Å². The van der Waals surface area contributed by atoms with Crippen molar-refractivity contribution >= 4 is 16.8 Å². The Balaban J connectivity index is 1.85. The first-order valence-corrected chi connectivity index (χ1v) is 8.09. The number of methoxy groups -OCH3 is 3. The van der Waals surface area contributed by atoms with Gasteiger partial charge in [-0.2, -0.15) is 0 Å². The number of hydrogen-bond acceptors (Lipinski definition) is 4. The first kappa shape index (κ1) is 17.0. The molecule has 1 aliphatic carbocycles. The van der Waals surface area contributed by atoms with Crippen molar-refractivity contribution in [1.29, 1.82) is 0 Å². The molecule has 0 saturated carbocycles. The van der Waals surface area contributed by atoms with Crippen LogP contribution in [0.2, 0.25) is 0 Å². The number of ether oxygens (including phenoxy) is 3. The van der Waals surface area contributed by atoms with Crippen LogP contribution in [0.3, 0.4) is 0 Å². The quantitative estimate of drug-likeness (QED) is 0.788. The van der Waals surface area contributed by atoms with E-state index in [2.05, 4.69) is 41.3 Å². The lowest BCUT2D eigenvalue weighted by molar-refractivity contribution is 0.324. The molecule has 0 bridgehead atoms. The van der Waals surface area contributed by atoms with Gasteiger partial charge in [0, 0.05) is 19.8 Å². The van der Waals surface area contributed by atoms with Crippen molar-refractivity contribution in [2.24, 2.45) is 0 Å². The van der Waals surface area contributed by atoms with E-state index in [0.717, 1.165) is 11.1 Å². The summed E-state index contributed by atoms with van der Waals surface area (Å²) in [4.78, 5) is 2.09. The molecule has 0 fully saturated rings. The number of anilines is 1. The van der Waals surface area contributed by atoms with E-state index >= 15 is 0 Å². The maximum absolute atomic E-state index is 5.43. The summed E-state index contributed by atoms with van der Waals surface area (Å²) in [6, 6.07) is 12.5. The van der Waals surface area contributed by atoms with Crippen LogP contribution in [0, 0.1) is 0 Å². The van der Waals surface area contributed by atoms with Gasteiger partial charge >= 0.3 is 0 Å². The van der Waals surface area contributed by atoms with Gasteiger partial charge in [0.25, 0.3) is 0 Å². The van der Waals surface area contributed by atoms with E-state index in [0.29, 0.717) is 17.2 Å². The third kappa shape index (κ3) is 3.20. The largest absolute Gasteiger partial charge is 0.493 e. The molecule has 4 nitrogen and oxygen atoms in total. The fraction of sp³-hybridized carbons (Fsp3) is 0.238. The molecule has 0 spiro atoms. The van der Waals surface area contributed by atoms with Crippen LogP contribution in [-0.4, -0.2) is 35.4 Å². The minimum Gasteiger partial charge on any atom is -0.493 e. The summed E-state index contributed by atoms with van der Waals surface area (Å²) in [5.41, 5.74) is 5.81. The molecule has 3 rings (SSSR count). The predicted molar refractivity (Wildman–Crippen MR) is 103 cm³/mol. The van der Waals surface area contributed by atoms with E-state index < -0.39 is 0 Å². The lowest BCUT2D eigenvalue weighted by Crippen LogP contribution is -2.08. The number of rotatable bonds is 6. The Kier molecular flexibility index (Phi) is 4.70. The molecular formula is C21H23NO3. The van der Waals surface area contributed by atoms with Crippen LogP contribution in [0.15, 0.2) is 48.6 Å². The van der Waals surface area contributed by atoms with Crippen LogP contribution < -0.4 is 19.1 Å². The van der Waals surface area contributed by atoms with Crippen LogP contribution >= 0.6 is 0 Å². The molecule has 0 atom stereocenters. The number of nitrogens with zero attached hydrogens (tertiary/aromatic N) is 1. The Morgan fingerprint density at radius 3 is 1.64 bits per heavy atom. The molecule has 25 heavy (non-hydrogen) atoms. The fourth-order valence-electron chi connectivity index (χ4n) is 2.86. The normalized spacial score (nSPS) is 12.7. The van der Waals surface area contributed by atoms with E-state index in [-0.39, 0.29) is 0 Å². The molecule has 0 aliphatic heterocycles. The van der Waals surface area contributed by atoms with E-state index in [9.17, 15) is 0 Å². The van der Waals surface area contributed by atoms with E-state index in [4.69, 9.17) is 14.2 Å². The molecule has 130 valence electrons. The maximum Gasteiger partial charge on any atom is 0.203 e. The van der Waals surface area contributed by atoms with Crippen LogP contribution in [0.5, 0.6) is 17.2 Å². The van der Waals surface area contributed by atoms with Crippen molar-refractivity contribution in [3.05, 3.63) is 59.7 Å². The van der Waals surface area contributed by atoms with Crippen molar-refractivity contribution in [3.8, 4) is 17.2 Å². The van der Waals surface area contributed by atoms with Crippen molar-refractivity contribution < 1.29 is 14.2 Å². The minimum absolute atomic E-state index is 0.608. The van der Waals surface area contributed by atoms with Gasteiger partial charge in [0.15, 0.2) is 11.5 Å². The van der Waals surface area contributed by atoms with E-state index in [1.54, 1.807) is 21.3 Å². The van der Waals surface area contributed by atoms with E-state index in [1.807, 2.05) is 26.2 Å². The zero-order valence-electron chi connectivity index (χ0n) is 15.3. The zero-order chi connectivity index (χ0) is 18.0. The first-order valence-electron chi connectivity index (χ1n) is 8.09. The summed E-state index contributed by atoms with van der Waals surface area (Å²) >= 11 is 0. The Morgan fingerprint density at radius 2 is 1.20 bits per heavy atom. The monoisotopic (exact) mass is 337 g/mol. The average molecular weight is 337 g/mol. The average Bonchev–Trinajstić information content (AvgIpc) is 2.59. The lowest BCUT2D eigenvalue weighted by atomic mass is 9.88. The van der Waals surface area contributed by atoms with Crippen LogP contribution in [0.4, 0.5) is 5.69 Å². The van der Waals surface area contributed by atoms with Gasteiger partial charge in [-0.15, -0.1) is 0 Å². The number of benzene rings is 2. The van der Waals surface area contributed by atoms with Crippen LogP contribution in [0.1, 0.15) is 11.1 Å². The Morgan fingerprint density at radius 1 is 0.680 bits per heavy atom. The molecule has 0 N–H and O–H groups in total. The number of allylic oxidation sites excluding steroid dienone is 4. The molecule has 2 aromatic carbocycles. The number of hydrogen-bond donors (Lipinski definition) is 0. The topological polar surface area (TPSA) is 30.9 Å². The molecule has 0 aromatic heterocycles. The van der Waals surface area contributed by atoms with Crippen molar-refractivity contribution in [2.45, 2.75) is 0 Å². The van der Waals surface area contributed by atoms with Gasteiger partial charge in [-0.1, -0.05) is 12.1 Å². The second-order valence-electron chi connectivity index (χ2n) is 6.05. The third-order valence-corrected chi connectivity index (χ3v) is 4.34. The second kappa shape index (κ2) is 6.93. The maximum atomic E-state index is 5.43. The highest BCUT2D eigenvalue weighted by atomic mass is 16.5. The van der Waals surface area contributed by atoms with Crippen molar-refractivity contribution in [3.63, 3.8) is 0 Å². The van der Waals surface area contributed by atoms with Gasteiger partial charge in [-0.25, -0.2) is 0 Å². The summed E-state index contributed by atoms with van der Waals surface area (Å²) in [7, 11) is 8.95. The van der Waals surface area contributed by atoms with Gasteiger partial charge < -0.3 is 19.1 Å². The summed E-state index contributed by atoms with van der Waals surface area (Å²) in [5.74, 6) is 1.93. The molecule has 0 radical (unpaired) electrons. The SMILES string of the molecule is COc1cc(C2=CC(c3ccc(N(C)C)cc3)=C2)cc(OC)c1OC. The van der Waals surface area contributed by atoms with Gasteiger partial charge in [-0.3, -0.25) is 0 Å². The highest BCUT2D eigenvalue weighted by Crippen LogP contribution is 2.43. The van der Waals surface area contributed by atoms with Crippen molar-refractivity contribution in [1.82, 2.24) is 0 Å². The minimum atomic E-state index is 0.608. The first-order chi connectivity index (χ1) is 12.1. The summed E-state index contributed by atoms with van der Waals surface area (Å²) in [6.07, 6.45) is 4.34.